The summed E-state index contributed by atoms with van der Waals surface area (Å²) in [4.78, 5) is 7.25. The zero-order valence-electron chi connectivity index (χ0n) is 11.6. The van der Waals surface area contributed by atoms with Gasteiger partial charge in [-0.3, -0.25) is 0 Å². The molecule has 1 aromatic heterocycles. The molecular weight excluding hydrogens is 288 g/mol. The Bertz CT molecular complexity index is 499. The summed E-state index contributed by atoms with van der Waals surface area (Å²) >= 11 is 1.54. The van der Waals surface area contributed by atoms with Crippen molar-refractivity contribution in [3.8, 4) is 5.88 Å². The zero-order valence-corrected chi connectivity index (χ0v) is 13.2. The first kappa shape index (κ1) is 16.2. The van der Waals surface area contributed by atoms with Crippen LogP contribution in [0.3, 0.4) is 0 Å². The fraction of sp³-hybridized carbons (Fsp3) is 0.700. The van der Waals surface area contributed by atoms with Gasteiger partial charge in [0.05, 0.1) is 18.2 Å². The number of anilines is 1. The minimum atomic E-state index is -3.12. The van der Waals surface area contributed by atoms with Crippen LogP contribution in [0.5, 0.6) is 5.88 Å². The molecule has 0 saturated heterocycles. The highest BCUT2D eigenvalue weighted by Crippen LogP contribution is 2.29. The van der Waals surface area contributed by atoms with Crippen LogP contribution in [-0.2, 0) is 16.6 Å². The first-order valence-electron chi connectivity index (χ1n) is 5.70. The summed E-state index contributed by atoms with van der Waals surface area (Å²) in [7, 11) is 2.31. The number of hydrogen-bond donors (Lipinski definition) is 2. The van der Waals surface area contributed by atoms with E-state index in [1.54, 1.807) is 18.4 Å². The Labute approximate surface area is 118 Å². The molecule has 0 aliphatic rings. The van der Waals surface area contributed by atoms with Gasteiger partial charge in [-0.25, -0.2) is 13.1 Å². The Morgan fingerprint density at radius 3 is 2.58 bits per heavy atom. The van der Waals surface area contributed by atoms with Crippen molar-refractivity contribution in [2.24, 2.45) is 0 Å². The van der Waals surface area contributed by atoms with Crippen molar-refractivity contribution in [1.29, 1.82) is 0 Å². The Morgan fingerprint density at radius 2 is 2.05 bits per heavy atom. The Morgan fingerprint density at radius 1 is 1.37 bits per heavy atom. The van der Waals surface area contributed by atoms with E-state index in [-0.39, 0.29) is 0 Å². The second-order valence-electron chi connectivity index (χ2n) is 4.17. The summed E-state index contributed by atoms with van der Waals surface area (Å²) in [6, 6.07) is 0. The van der Waals surface area contributed by atoms with Crippen molar-refractivity contribution in [1.82, 2.24) is 15.0 Å². The molecule has 0 saturated carbocycles. The second-order valence-corrected chi connectivity index (χ2v) is 7.06. The molecule has 7 nitrogen and oxygen atoms in total. The average Bonchev–Trinajstić information content (AvgIpc) is 2.70. The van der Waals surface area contributed by atoms with Gasteiger partial charge in [0.1, 0.15) is 0 Å². The van der Waals surface area contributed by atoms with Crippen molar-refractivity contribution >= 4 is 26.5 Å². The number of ether oxygens (including phenoxy) is 1. The van der Waals surface area contributed by atoms with E-state index < -0.39 is 10.0 Å². The Hall–Kier alpha value is -0.900. The van der Waals surface area contributed by atoms with Crippen molar-refractivity contribution in [2.75, 3.05) is 45.5 Å². The van der Waals surface area contributed by atoms with Crippen LogP contribution in [0.2, 0.25) is 0 Å². The molecular formula is C10H20N4O3S2. The molecule has 9 heteroatoms. The summed E-state index contributed by atoms with van der Waals surface area (Å²) in [6.07, 6.45) is 1.14. The number of aromatic nitrogens is 1. The lowest BCUT2D eigenvalue weighted by molar-refractivity contribution is 0.395. The van der Waals surface area contributed by atoms with Crippen LogP contribution in [0.15, 0.2) is 0 Å². The van der Waals surface area contributed by atoms with Gasteiger partial charge in [-0.05, 0) is 0 Å². The van der Waals surface area contributed by atoms with Crippen LogP contribution in [0.25, 0.3) is 0 Å². The number of nitrogens with one attached hydrogen (secondary N) is 2. The third-order valence-electron chi connectivity index (χ3n) is 2.18. The Kier molecular flexibility index (Phi) is 5.98. The molecule has 0 bridgehead atoms. The van der Waals surface area contributed by atoms with Gasteiger partial charge in [-0.1, -0.05) is 11.3 Å². The van der Waals surface area contributed by atoms with Gasteiger partial charge in [-0.15, -0.1) is 0 Å². The maximum atomic E-state index is 10.9. The second kappa shape index (κ2) is 7.04. The summed E-state index contributed by atoms with van der Waals surface area (Å²) in [5, 5.41) is 4.02. The summed E-state index contributed by atoms with van der Waals surface area (Å²) in [5.74, 6) is 0.609. The predicted molar refractivity (Wildman–Crippen MR) is 77.5 cm³/mol. The summed E-state index contributed by atoms with van der Waals surface area (Å²) < 4.78 is 29.4. The molecule has 0 amide bonds. The molecule has 0 fully saturated rings. The van der Waals surface area contributed by atoms with Crippen LogP contribution in [-0.4, -0.2) is 54.0 Å². The van der Waals surface area contributed by atoms with Gasteiger partial charge in [0, 0.05) is 33.7 Å². The van der Waals surface area contributed by atoms with E-state index in [1.807, 2.05) is 19.0 Å². The zero-order chi connectivity index (χ0) is 14.5. The highest BCUT2D eigenvalue weighted by molar-refractivity contribution is 7.88. The van der Waals surface area contributed by atoms with Gasteiger partial charge in [0.15, 0.2) is 5.13 Å². The standard InChI is InChI=1S/C10H20N4O3S2/c1-14(2)10-13-9(17-3)8(18-10)7-11-5-6-12-19(4,15)16/h11-12H,5-7H2,1-4H3. The fourth-order valence-corrected chi connectivity index (χ4v) is 2.71. The van der Waals surface area contributed by atoms with Gasteiger partial charge >= 0.3 is 0 Å². The van der Waals surface area contributed by atoms with Gasteiger partial charge < -0.3 is 15.0 Å². The number of methoxy groups -OCH3 is 1. The SMILES string of the molecule is COc1nc(N(C)C)sc1CNCCNS(C)(=O)=O. The van der Waals surface area contributed by atoms with Gasteiger partial charge in [0.25, 0.3) is 0 Å². The molecule has 0 aromatic carbocycles. The van der Waals surface area contributed by atoms with Crippen molar-refractivity contribution in [2.45, 2.75) is 6.54 Å². The maximum absolute atomic E-state index is 10.9. The van der Waals surface area contributed by atoms with E-state index in [1.165, 1.54) is 0 Å². The number of thiazole rings is 1. The quantitative estimate of drug-likeness (QED) is 0.650. The summed E-state index contributed by atoms with van der Waals surface area (Å²) in [6.45, 7) is 1.51. The lowest BCUT2D eigenvalue weighted by Gasteiger charge is -2.05. The third kappa shape index (κ3) is 5.72. The third-order valence-corrected chi connectivity index (χ3v) is 4.11. The van der Waals surface area contributed by atoms with Crippen LogP contribution in [0.1, 0.15) is 4.88 Å². The lowest BCUT2D eigenvalue weighted by Crippen LogP contribution is -2.30. The van der Waals surface area contributed by atoms with E-state index in [0.29, 0.717) is 25.5 Å². The number of sulfonamides is 1. The first-order valence-corrected chi connectivity index (χ1v) is 8.40. The minimum Gasteiger partial charge on any atom is -0.480 e. The normalized spacial score (nSPS) is 11.6. The molecule has 0 radical (unpaired) electrons. The Balaban J connectivity index is 2.44. The highest BCUT2D eigenvalue weighted by Gasteiger charge is 2.12. The molecule has 1 heterocycles. The molecule has 1 rings (SSSR count). The first-order chi connectivity index (χ1) is 8.83. The highest BCUT2D eigenvalue weighted by atomic mass is 32.2. The molecule has 19 heavy (non-hydrogen) atoms. The molecule has 1 aromatic rings. The van der Waals surface area contributed by atoms with Gasteiger partial charge in [-0.2, -0.15) is 4.98 Å². The van der Waals surface area contributed by atoms with Crippen LogP contribution in [0, 0.1) is 0 Å². The largest absolute Gasteiger partial charge is 0.480 e. The molecule has 0 unspecified atom stereocenters. The number of nitrogens with zero attached hydrogens (tertiary/aromatic N) is 2. The molecule has 0 aliphatic heterocycles. The van der Waals surface area contributed by atoms with Crippen LogP contribution in [0.4, 0.5) is 5.13 Å². The maximum Gasteiger partial charge on any atom is 0.230 e. The molecule has 110 valence electrons. The van der Waals surface area contributed by atoms with Crippen LogP contribution < -0.4 is 19.7 Å². The molecule has 0 spiro atoms. The van der Waals surface area contributed by atoms with Crippen molar-refractivity contribution in [3.05, 3.63) is 4.88 Å². The predicted octanol–water partition coefficient (Wildman–Crippen LogP) is -0.143. The summed E-state index contributed by atoms with van der Waals surface area (Å²) in [5.41, 5.74) is 0. The molecule has 0 atom stereocenters. The van der Waals surface area contributed by atoms with Crippen molar-refractivity contribution in [3.63, 3.8) is 0 Å². The lowest BCUT2D eigenvalue weighted by atomic mass is 10.5. The number of rotatable bonds is 8. The smallest absolute Gasteiger partial charge is 0.230 e. The van der Waals surface area contributed by atoms with E-state index in [9.17, 15) is 8.42 Å². The monoisotopic (exact) mass is 308 g/mol. The van der Waals surface area contributed by atoms with Gasteiger partial charge in [0.2, 0.25) is 15.9 Å². The van der Waals surface area contributed by atoms with Crippen LogP contribution >= 0.6 is 11.3 Å². The van der Waals surface area contributed by atoms with E-state index in [2.05, 4.69) is 15.0 Å². The van der Waals surface area contributed by atoms with E-state index in [0.717, 1.165) is 16.3 Å². The molecule has 2 N–H and O–H groups in total. The number of hydrogen-bond acceptors (Lipinski definition) is 7. The minimum absolute atomic E-state index is 0.362. The topological polar surface area (TPSA) is 83.6 Å². The fourth-order valence-electron chi connectivity index (χ4n) is 1.32. The molecule has 0 aliphatic carbocycles. The van der Waals surface area contributed by atoms with E-state index >= 15 is 0 Å². The average molecular weight is 308 g/mol. The van der Waals surface area contributed by atoms with Crippen molar-refractivity contribution < 1.29 is 13.2 Å². The van der Waals surface area contributed by atoms with E-state index in [4.69, 9.17) is 4.74 Å².